The van der Waals surface area contributed by atoms with Gasteiger partial charge in [-0.25, -0.2) is 9.18 Å². The van der Waals surface area contributed by atoms with Crippen molar-refractivity contribution in [1.29, 1.82) is 0 Å². The maximum absolute atomic E-state index is 14.2. The van der Waals surface area contributed by atoms with Gasteiger partial charge in [0.25, 0.3) is 0 Å². The van der Waals surface area contributed by atoms with E-state index in [4.69, 9.17) is 10.8 Å². The molecule has 11 heteroatoms. The molecule has 0 aliphatic carbocycles. The molecule has 0 radical (unpaired) electrons. The van der Waals surface area contributed by atoms with Gasteiger partial charge in [0, 0.05) is 13.3 Å². The summed E-state index contributed by atoms with van der Waals surface area (Å²) in [5, 5.41) is 19.0. The molecule has 1 rings (SSSR count). The molecule has 0 fully saturated rings. The Balaban J connectivity index is 3.18. The average molecular weight is 329 g/mol. The lowest BCUT2D eigenvalue weighted by atomic mass is 9.92. The van der Waals surface area contributed by atoms with Crippen LogP contribution in [0.4, 0.5) is 23.4 Å². The Morgan fingerprint density at radius 3 is 2.50 bits per heavy atom. The lowest BCUT2D eigenvalue weighted by molar-refractivity contribution is -0.232. The highest BCUT2D eigenvalue weighted by Gasteiger charge is 2.51. The zero-order valence-electron chi connectivity index (χ0n) is 11.4. The predicted molar refractivity (Wildman–Crippen MR) is 66.6 cm³/mol. The molecule has 0 unspecified atom stereocenters. The molecular weight excluding hydrogens is 314 g/mol. The molecule has 0 bridgehead atoms. The van der Waals surface area contributed by atoms with Crippen molar-refractivity contribution in [2.24, 2.45) is 0 Å². The van der Waals surface area contributed by atoms with Crippen molar-refractivity contribution in [3.63, 3.8) is 0 Å². The van der Waals surface area contributed by atoms with E-state index < -0.39 is 42.9 Å². The second kappa shape index (κ2) is 6.58. The number of nitrogens with two attached hydrogens (primary N) is 1. The van der Waals surface area contributed by atoms with Gasteiger partial charge < -0.3 is 20.7 Å². The molecule has 22 heavy (non-hydrogen) atoms. The summed E-state index contributed by atoms with van der Waals surface area (Å²) in [5.41, 5.74) is 1.33. The van der Waals surface area contributed by atoms with Crippen LogP contribution in [-0.4, -0.2) is 51.4 Å². The molecule has 1 aromatic heterocycles. The summed E-state index contributed by atoms with van der Waals surface area (Å²) in [5.74, 6) is -0.224. The van der Waals surface area contributed by atoms with Gasteiger partial charge in [0.05, 0.1) is 13.0 Å². The maximum atomic E-state index is 14.2. The smallest absolute Gasteiger partial charge is 0.392 e. The third kappa shape index (κ3) is 3.93. The van der Waals surface area contributed by atoms with Gasteiger partial charge in [-0.1, -0.05) is 0 Å². The van der Waals surface area contributed by atoms with E-state index in [0.29, 0.717) is 0 Å². The van der Waals surface area contributed by atoms with E-state index in [-0.39, 0.29) is 10.4 Å². The third-order valence-electron chi connectivity index (χ3n) is 3.09. The fraction of sp³-hybridized carbons (Fsp3) is 0.636. The molecule has 0 saturated heterocycles. The van der Waals surface area contributed by atoms with E-state index >= 15 is 0 Å². The highest BCUT2D eigenvalue weighted by molar-refractivity contribution is 5.23. The number of methoxy groups -OCH3 is 1. The SMILES string of the molecule is CO[C@@](CO)(CC(F)(F)F)[C@@H](O)[C@@H](F)n1ccc(N)nc1=O. The first-order chi connectivity index (χ1) is 10.1. The molecule has 0 spiro atoms. The Morgan fingerprint density at radius 2 is 2.09 bits per heavy atom. The van der Waals surface area contributed by atoms with Gasteiger partial charge in [-0.15, -0.1) is 0 Å². The maximum Gasteiger partial charge on any atom is 0.392 e. The Labute approximate surface area is 122 Å². The second-order valence-corrected chi connectivity index (χ2v) is 4.58. The number of aliphatic hydroxyl groups is 2. The van der Waals surface area contributed by atoms with Crippen LogP contribution in [0.3, 0.4) is 0 Å². The molecule has 0 aliphatic heterocycles. The monoisotopic (exact) mass is 329 g/mol. The quantitative estimate of drug-likeness (QED) is 0.633. The topological polar surface area (TPSA) is 111 Å². The number of aromatic nitrogens is 2. The fourth-order valence-corrected chi connectivity index (χ4v) is 1.87. The number of halogens is 4. The van der Waals surface area contributed by atoms with Crippen LogP contribution in [0.1, 0.15) is 12.7 Å². The van der Waals surface area contributed by atoms with E-state index in [2.05, 4.69) is 9.72 Å². The molecule has 4 N–H and O–H groups in total. The lowest BCUT2D eigenvalue weighted by Gasteiger charge is -2.37. The van der Waals surface area contributed by atoms with Crippen molar-refractivity contribution in [2.45, 2.75) is 30.6 Å². The number of ether oxygens (including phenoxy) is 1. The largest absolute Gasteiger partial charge is 0.393 e. The first kappa shape index (κ1) is 18.3. The molecule has 1 heterocycles. The average Bonchev–Trinajstić information content (AvgIpc) is 2.42. The predicted octanol–water partition coefficient (Wildman–Crippen LogP) is -0.0156. The van der Waals surface area contributed by atoms with Gasteiger partial charge in [-0.05, 0) is 6.07 Å². The minimum absolute atomic E-state index is 0.224. The summed E-state index contributed by atoms with van der Waals surface area (Å²) >= 11 is 0. The highest BCUT2D eigenvalue weighted by Crippen LogP contribution is 2.35. The van der Waals surface area contributed by atoms with Gasteiger partial charge in [-0.2, -0.15) is 18.2 Å². The number of nitrogen functional groups attached to an aromatic ring is 1. The van der Waals surface area contributed by atoms with E-state index in [9.17, 15) is 27.5 Å². The third-order valence-corrected chi connectivity index (χ3v) is 3.09. The van der Waals surface area contributed by atoms with Crippen LogP contribution in [-0.2, 0) is 4.74 Å². The van der Waals surface area contributed by atoms with E-state index in [1.807, 2.05) is 0 Å². The summed E-state index contributed by atoms with van der Waals surface area (Å²) in [6.45, 7) is -1.32. The van der Waals surface area contributed by atoms with Crippen molar-refractivity contribution in [3.05, 3.63) is 22.7 Å². The summed E-state index contributed by atoms with van der Waals surface area (Å²) in [6, 6.07) is 1.03. The van der Waals surface area contributed by atoms with Gasteiger partial charge in [0.1, 0.15) is 17.5 Å². The van der Waals surface area contributed by atoms with Crippen LogP contribution in [0.2, 0.25) is 0 Å². The summed E-state index contributed by atoms with van der Waals surface area (Å²) < 4.78 is 56.7. The van der Waals surface area contributed by atoms with Crippen LogP contribution in [0.15, 0.2) is 17.1 Å². The molecule has 0 aliphatic rings. The standard InChI is InChI=1S/C11H15F4N3O4/c1-22-10(5-19,4-11(13,14)15)7(20)8(12)18-3-2-6(16)17-9(18)21/h2-3,7-8,19-20H,4-5H2,1H3,(H2,16,17,21)/t7-,8-,10+/m0/s1. The number of alkyl halides is 4. The van der Waals surface area contributed by atoms with Crippen molar-refractivity contribution >= 4 is 5.82 Å². The fourth-order valence-electron chi connectivity index (χ4n) is 1.87. The molecule has 1 aromatic rings. The minimum atomic E-state index is -4.84. The number of nitrogens with zero attached hydrogens (tertiary/aromatic N) is 2. The van der Waals surface area contributed by atoms with Crippen LogP contribution in [0.25, 0.3) is 0 Å². The van der Waals surface area contributed by atoms with Gasteiger partial charge in [0.15, 0.2) is 0 Å². The first-order valence-electron chi connectivity index (χ1n) is 5.96. The van der Waals surface area contributed by atoms with Crippen LogP contribution < -0.4 is 11.4 Å². The van der Waals surface area contributed by atoms with Crippen molar-refractivity contribution < 1.29 is 32.5 Å². The second-order valence-electron chi connectivity index (χ2n) is 4.58. The van der Waals surface area contributed by atoms with Crippen molar-refractivity contribution in [1.82, 2.24) is 9.55 Å². The first-order valence-corrected chi connectivity index (χ1v) is 5.96. The Bertz CT molecular complexity index is 559. The highest BCUT2D eigenvalue weighted by atomic mass is 19.4. The van der Waals surface area contributed by atoms with Gasteiger partial charge in [-0.3, -0.25) is 4.57 Å². The van der Waals surface area contributed by atoms with E-state index in [1.165, 1.54) is 0 Å². The van der Waals surface area contributed by atoms with Crippen molar-refractivity contribution in [2.75, 3.05) is 19.5 Å². The van der Waals surface area contributed by atoms with Crippen LogP contribution in [0.5, 0.6) is 0 Å². The molecule has 7 nitrogen and oxygen atoms in total. The van der Waals surface area contributed by atoms with E-state index in [1.54, 1.807) is 0 Å². The Hall–Kier alpha value is -1.72. The van der Waals surface area contributed by atoms with Crippen LogP contribution in [0, 0.1) is 0 Å². The lowest BCUT2D eigenvalue weighted by Crippen LogP contribution is -2.54. The van der Waals surface area contributed by atoms with Gasteiger partial charge in [0.2, 0.25) is 6.30 Å². The Kier molecular flexibility index (Phi) is 5.49. The van der Waals surface area contributed by atoms with E-state index in [0.717, 1.165) is 19.4 Å². The Morgan fingerprint density at radius 1 is 1.50 bits per heavy atom. The summed E-state index contributed by atoms with van der Waals surface area (Å²) in [6.07, 6.45) is -10.9. The molecule has 3 atom stereocenters. The molecule has 0 amide bonds. The molecule has 0 aromatic carbocycles. The summed E-state index contributed by atoms with van der Waals surface area (Å²) in [7, 11) is 0.780. The normalized spacial score (nSPS) is 17.8. The van der Waals surface area contributed by atoms with Crippen LogP contribution >= 0.6 is 0 Å². The number of aliphatic hydroxyl groups excluding tert-OH is 2. The zero-order valence-corrected chi connectivity index (χ0v) is 11.4. The minimum Gasteiger partial charge on any atom is -0.393 e. The summed E-state index contributed by atoms with van der Waals surface area (Å²) in [4.78, 5) is 14.7. The molecule has 0 saturated carbocycles. The number of hydrogen-bond acceptors (Lipinski definition) is 6. The number of hydrogen-bond donors (Lipinski definition) is 3. The number of anilines is 1. The molecule has 126 valence electrons. The number of rotatable bonds is 6. The van der Waals surface area contributed by atoms with Gasteiger partial charge >= 0.3 is 11.9 Å². The molecular formula is C11H15F4N3O4. The van der Waals surface area contributed by atoms with Crippen molar-refractivity contribution in [3.8, 4) is 0 Å². The zero-order chi connectivity index (χ0) is 17.1.